The molecule has 0 aromatic heterocycles. The molecule has 1 atom stereocenters. The summed E-state index contributed by atoms with van der Waals surface area (Å²) in [6.07, 6.45) is 2.85. The Morgan fingerprint density at radius 3 is 2.47 bits per heavy atom. The minimum Gasteiger partial charge on any atom is -0.353 e. The monoisotopic (exact) mass is 212 g/mol. The number of hydrogen-bond donors (Lipinski definition) is 1. The summed E-state index contributed by atoms with van der Waals surface area (Å²) < 4.78 is 0. The maximum absolute atomic E-state index is 11.6. The molecule has 0 spiro atoms. The van der Waals surface area contributed by atoms with Gasteiger partial charge < -0.3 is 5.32 Å². The van der Waals surface area contributed by atoms with E-state index < -0.39 is 0 Å². The molecule has 15 heavy (non-hydrogen) atoms. The predicted molar refractivity (Wildman–Crippen MR) is 58.6 cm³/mol. The molecule has 86 valence electrons. The van der Waals surface area contributed by atoms with Gasteiger partial charge in [0.1, 0.15) is 5.78 Å². The molecule has 0 bridgehead atoms. The minimum atomic E-state index is -0.0727. The average Bonchev–Trinajstić information content (AvgIpc) is 2.53. The Balaban J connectivity index is 2.19. The van der Waals surface area contributed by atoms with Crippen molar-refractivity contribution >= 4 is 11.7 Å². The van der Waals surface area contributed by atoms with Crippen LogP contribution in [-0.2, 0) is 9.59 Å². The van der Waals surface area contributed by atoms with Gasteiger partial charge in [0.05, 0.1) is 6.54 Å². The molecule has 1 aliphatic rings. The van der Waals surface area contributed by atoms with E-state index in [-0.39, 0.29) is 17.7 Å². The number of carbonyl (C=O) groups is 2. The van der Waals surface area contributed by atoms with Gasteiger partial charge in [0.15, 0.2) is 0 Å². The van der Waals surface area contributed by atoms with Gasteiger partial charge in [-0.05, 0) is 32.9 Å². The highest BCUT2D eigenvalue weighted by Gasteiger charge is 2.16. The number of ketones is 1. The van der Waals surface area contributed by atoms with E-state index in [9.17, 15) is 9.59 Å². The van der Waals surface area contributed by atoms with Crippen LogP contribution in [-0.4, -0.2) is 42.3 Å². The number of nitrogens with one attached hydrogen (secondary N) is 1. The van der Waals surface area contributed by atoms with E-state index in [4.69, 9.17) is 0 Å². The normalized spacial score (nSPS) is 18.8. The summed E-state index contributed by atoms with van der Waals surface area (Å²) in [4.78, 5) is 24.5. The van der Waals surface area contributed by atoms with Crippen LogP contribution in [0.2, 0.25) is 0 Å². The Labute approximate surface area is 91.0 Å². The summed E-state index contributed by atoms with van der Waals surface area (Å²) in [5.74, 6) is 0.148. The molecule has 0 radical (unpaired) electrons. The van der Waals surface area contributed by atoms with Crippen molar-refractivity contribution in [2.45, 2.75) is 39.2 Å². The predicted octanol–water partition coefficient (Wildman–Crippen LogP) is 0.566. The summed E-state index contributed by atoms with van der Waals surface area (Å²) in [6.45, 7) is 5.97. The number of amides is 1. The summed E-state index contributed by atoms with van der Waals surface area (Å²) in [5.41, 5.74) is 0. The van der Waals surface area contributed by atoms with E-state index in [0.29, 0.717) is 13.0 Å². The largest absolute Gasteiger partial charge is 0.353 e. The van der Waals surface area contributed by atoms with Crippen molar-refractivity contribution in [2.24, 2.45) is 0 Å². The molecule has 4 heteroatoms. The van der Waals surface area contributed by atoms with Gasteiger partial charge in [0.2, 0.25) is 5.91 Å². The van der Waals surface area contributed by atoms with E-state index in [0.717, 1.165) is 13.1 Å². The van der Waals surface area contributed by atoms with Gasteiger partial charge in [0.25, 0.3) is 0 Å². The SMILES string of the molecule is CC(=O)NC(C)CC(=O)CN1CCCC1. The Bertz CT molecular complexity index is 235. The molecule has 1 rings (SSSR count). The number of likely N-dealkylation sites (tertiary alicyclic amines) is 1. The fraction of sp³-hybridized carbons (Fsp3) is 0.818. The van der Waals surface area contributed by atoms with Crippen LogP contribution in [0.3, 0.4) is 0 Å². The zero-order chi connectivity index (χ0) is 11.3. The van der Waals surface area contributed by atoms with Gasteiger partial charge in [0, 0.05) is 19.4 Å². The first kappa shape index (κ1) is 12.2. The maximum Gasteiger partial charge on any atom is 0.217 e. The molecule has 1 unspecified atom stereocenters. The van der Waals surface area contributed by atoms with E-state index >= 15 is 0 Å². The van der Waals surface area contributed by atoms with E-state index in [1.165, 1.54) is 19.8 Å². The molecule has 1 fully saturated rings. The topological polar surface area (TPSA) is 49.4 Å². The van der Waals surface area contributed by atoms with Gasteiger partial charge in [-0.2, -0.15) is 0 Å². The lowest BCUT2D eigenvalue weighted by molar-refractivity contribution is -0.121. The Kier molecular flexibility index (Phi) is 4.75. The van der Waals surface area contributed by atoms with Crippen LogP contribution in [0.15, 0.2) is 0 Å². The zero-order valence-electron chi connectivity index (χ0n) is 9.58. The second kappa shape index (κ2) is 5.85. The third-order valence-corrected chi connectivity index (χ3v) is 2.58. The molecule has 4 nitrogen and oxygen atoms in total. The smallest absolute Gasteiger partial charge is 0.217 e. The molecule has 1 heterocycles. The van der Waals surface area contributed by atoms with Gasteiger partial charge in [-0.3, -0.25) is 14.5 Å². The van der Waals surface area contributed by atoms with Crippen molar-refractivity contribution in [3.05, 3.63) is 0 Å². The summed E-state index contributed by atoms with van der Waals surface area (Å²) in [5, 5.41) is 2.72. The van der Waals surface area contributed by atoms with Crippen molar-refractivity contribution in [2.75, 3.05) is 19.6 Å². The lowest BCUT2D eigenvalue weighted by atomic mass is 10.1. The van der Waals surface area contributed by atoms with Crippen LogP contribution in [0, 0.1) is 0 Å². The van der Waals surface area contributed by atoms with E-state index in [1.54, 1.807) is 0 Å². The maximum atomic E-state index is 11.6. The van der Waals surface area contributed by atoms with Crippen LogP contribution < -0.4 is 5.32 Å². The molecule has 0 aliphatic carbocycles. The van der Waals surface area contributed by atoms with Crippen LogP contribution in [0.5, 0.6) is 0 Å². The van der Waals surface area contributed by atoms with Crippen molar-refractivity contribution in [3.63, 3.8) is 0 Å². The fourth-order valence-electron chi connectivity index (χ4n) is 1.99. The van der Waals surface area contributed by atoms with Crippen molar-refractivity contribution < 1.29 is 9.59 Å². The summed E-state index contributed by atoms with van der Waals surface area (Å²) in [7, 11) is 0. The molecule has 0 aromatic rings. The molecule has 0 aromatic carbocycles. The standard InChI is InChI=1S/C11H20N2O2/c1-9(12-10(2)14)7-11(15)8-13-5-3-4-6-13/h9H,3-8H2,1-2H3,(H,12,14). The highest BCUT2D eigenvalue weighted by atomic mass is 16.1. The summed E-state index contributed by atoms with van der Waals surface area (Å²) in [6, 6.07) is -0.0439. The second-order valence-electron chi connectivity index (χ2n) is 4.33. The van der Waals surface area contributed by atoms with Gasteiger partial charge in [-0.15, -0.1) is 0 Å². The third-order valence-electron chi connectivity index (χ3n) is 2.58. The Morgan fingerprint density at radius 1 is 1.33 bits per heavy atom. The first-order valence-corrected chi connectivity index (χ1v) is 5.59. The quantitative estimate of drug-likeness (QED) is 0.724. The number of nitrogens with zero attached hydrogens (tertiary/aromatic N) is 1. The fourth-order valence-corrected chi connectivity index (χ4v) is 1.99. The Morgan fingerprint density at radius 2 is 1.93 bits per heavy atom. The van der Waals surface area contributed by atoms with Gasteiger partial charge in [-0.1, -0.05) is 0 Å². The highest BCUT2D eigenvalue weighted by molar-refractivity contribution is 5.82. The van der Waals surface area contributed by atoms with Gasteiger partial charge in [-0.25, -0.2) is 0 Å². The number of carbonyl (C=O) groups excluding carboxylic acids is 2. The van der Waals surface area contributed by atoms with Crippen LogP contribution in [0.4, 0.5) is 0 Å². The molecule has 0 saturated carbocycles. The Hall–Kier alpha value is -0.900. The lowest BCUT2D eigenvalue weighted by Crippen LogP contribution is -2.35. The summed E-state index contributed by atoms with van der Waals surface area (Å²) >= 11 is 0. The first-order chi connectivity index (χ1) is 7.08. The van der Waals surface area contributed by atoms with Crippen LogP contribution in [0.1, 0.15) is 33.1 Å². The first-order valence-electron chi connectivity index (χ1n) is 5.59. The van der Waals surface area contributed by atoms with Crippen molar-refractivity contribution in [1.82, 2.24) is 10.2 Å². The van der Waals surface area contributed by atoms with Gasteiger partial charge >= 0.3 is 0 Å². The molecule has 1 amide bonds. The molecule has 1 N–H and O–H groups in total. The van der Waals surface area contributed by atoms with E-state index in [1.807, 2.05) is 6.92 Å². The van der Waals surface area contributed by atoms with Crippen LogP contribution in [0.25, 0.3) is 0 Å². The molecule has 1 saturated heterocycles. The number of hydrogen-bond acceptors (Lipinski definition) is 3. The molecular weight excluding hydrogens is 192 g/mol. The van der Waals surface area contributed by atoms with Crippen molar-refractivity contribution in [1.29, 1.82) is 0 Å². The minimum absolute atomic E-state index is 0.0439. The molecule has 1 aliphatic heterocycles. The number of Topliss-reactive ketones (excluding diaryl/α,β-unsaturated/α-hetero) is 1. The lowest BCUT2D eigenvalue weighted by Gasteiger charge is -2.16. The zero-order valence-corrected chi connectivity index (χ0v) is 9.58. The third kappa shape index (κ3) is 4.93. The van der Waals surface area contributed by atoms with Crippen LogP contribution >= 0.6 is 0 Å². The van der Waals surface area contributed by atoms with Crippen molar-refractivity contribution in [3.8, 4) is 0 Å². The average molecular weight is 212 g/mol. The number of rotatable bonds is 5. The molecular formula is C11H20N2O2. The highest BCUT2D eigenvalue weighted by Crippen LogP contribution is 2.07. The second-order valence-corrected chi connectivity index (χ2v) is 4.33. The van der Waals surface area contributed by atoms with E-state index in [2.05, 4.69) is 10.2 Å².